The third-order valence-corrected chi connectivity index (χ3v) is 1.48. The molecule has 4 heteroatoms. The van der Waals surface area contributed by atoms with Crippen molar-refractivity contribution in [3.8, 4) is 0 Å². The molecule has 2 nitrogen and oxygen atoms in total. The minimum Gasteiger partial charge on any atom is -0.177 e. The number of halogens is 1. The van der Waals surface area contributed by atoms with Gasteiger partial charge in [0.1, 0.15) is 11.5 Å². The van der Waals surface area contributed by atoms with Crippen molar-refractivity contribution in [2.45, 2.75) is 0 Å². The number of aromatic nitrogens is 2. The molecule has 0 radical (unpaired) electrons. The molecule has 0 saturated carbocycles. The van der Waals surface area contributed by atoms with Crippen LogP contribution in [0.2, 0.25) is 4.47 Å². The first kappa shape index (κ1) is 5.00. The first-order valence-corrected chi connectivity index (χ1v) is 2.91. The summed E-state index contributed by atoms with van der Waals surface area (Å²) in [5.41, 5.74) is 0. The summed E-state index contributed by atoms with van der Waals surface area (Å²) < 4.78 is 2.42. The number of rotatable bonds is 0. The molecule has 0 saturated heterocycles. The van der Waals surface area contributed by atoms with Crippen molar-refractivity contribution in [3.63, 3.8) is 0 Å². The monoisotopic (exact) mass is 135 g/mol. The Kier molecular flexibility index (Phi) is 1.25. The van der Waals surface area contributed by atoms with Gasteiger partial charge >= 0.3 is 4.47 Å². The summed E-state index contributed by atoms with van der Waals surface area (Å²) in [6, 6.07) is 0. The van der Waals surface area contributed by atoms with Gasteiger partial charge in [-0.15, -0.1) is 0 Å². The molecule has 0 amide bonds. The van der Waals surface area contributed by atoms with E-state index in [4.69, 9.17) is 11.6 Å². The predicted molar refractivity (Wildman–Crippen MR) is 28.3 cm³/mol. The summed E-state index contributed by atoms with van der Waals surface area (Å²) in [5, 5.41) is 0. The van der Waals surface area contributed by atoms with E-state index in [2.05, 4.69) is 4.98 Å². The fraction of sp³-hybridized carbons (Fsp3) is 0.333. The van der Waals surface area contributed by atoms with Crippen LogP contribution in [0, 0.1) is 0 Å². The average molecular weight is 136 g/mol. The third-order valence-electron chi connectivity index (χ3n) is 0.541. The fourth-order valence-corrected chi connectivity index (χ4v) is 1.09. The first-order valence-electron chi connectivity index (χ1n) is 1.76. The van der Waals surface area contributed by atoms with Crippen molar-refractivity contribution in [2.24, 2.45) is 7.05 Å². The minimum atomic E-state index is 0.586. The van der Waals surface area contributed by atoms with Crippen LogP contribution in [0.1, 0.15) is 0 Å². The molecule has 0 aliphatic carbocycles. The molecular formula is C3H4ClN2S+. The highest BCUT2D eigenvalue weighted by molar-refractivity contribution is 7.06. The van der Waals surface area contributed by atoms with Gasteiger partial charge in [-0.05, 0) is 16.6 Å². The Bertz CT molecular complexity index is 145. The normalized spacial score (nSPS) is 9.43. The first-order chi connectivity index (χ1) is 3.29. The van der Waals surface area contributed by atoms with E-state index in [1.807, 2.05) is 11.0 Å². The Balaban J connectivity index is 3.04. The standard InChI is InChI=1S/C3H4ClN2S/c1-6-2-5-3(4)7-6/h2H,1H3/q+1. The van der Waals surface area contributed by atoms with Crippen molar-refractivity contribution in [2.75, 3.05) is 0 Å². The van der Waals surface area contributed by atoms with Gasteiger partial charge in [0.15, 0.2) is 0 Å². The van der Waals surface area contributed by atoms with Gasteiger partial charge in [0.25, 0.3) is 6.33 Å². The van der Waals surface area contributed by atoms with Crippen LogP contribution in [0.5, 0.6) is 0 Å². The lowest BCUT2D eigenvalue weighted by Gasteiger charge is -1.63. The summed E-state index contributed by atoms with van der Waals surface area (Å²) in [7, 11) is 1.89. The number of hydrogen-bond acceptors (Lipinski definition) is 2. The van der Waals surface area contributed by atoms with Crippen molar-refractivity contribution < 1.29 is 3.96 Å². The minimum absolute atomic E-state index is 0.586. The largest absolute Gasteiger partial charge is 0.333 e. The van der Waals surface area contributed by atoms with Crippen LogP contribution in [0.25, 0.3) is 0 Å². The van der Waals surface area contributed by atoms with Crippen molar-refractivity contribution >= 4 is 23.1 Å². The quantitative estimate of drug-likeness (QED) is 0.477. The SMILES string of the molecule is C[n+]1cnc(Cl)s1. The Morgan fingerprint density at radius 1 is 2.00 bits per heavy atom. The molecular weight excluding hydrogens is 132 g/mol. The predicted octanol–water partition coefficient (Wildman–Crippen LogP) is 0.621. The van der Waals surface area contributed by atoms with Gasteiger partial charge < -0.3 is 0 Å². The molecule has 0 unspecified atom stereocenters. The summed E-state index contributed by atoms with van der Waals surface area (Å²) in [6.07, 6.45) is 1.67. The van der Waals surface area contributed by atoms with Gasteiger partial charge in [0.2, 0.25) is 0 Å². The van der Waals surface area contributed by atoms with E-state index < -0.39 is 0 Å². The van der Waals surface area contributed by atoms with Gasteiger partial charge in [0, 0.05) is 0 Å². The fourth-order valence-electron chi connectivity index (χ4n) is 0.293. The summed E-state index contributed by atoms with van der Waals surface area (Å²) >= 11 is 6.86. The second-order valence-electron chi connectivity index (χ2n) is 1.13. The van der Waals surface area contributed by atoms with Crippen LogP contribution < -0.4 is 3.96 Å². The van der Waals surface area contributed by atoms with Crippen LogP contribution in [-0.2, 0) is 7.05 Å². The van der Waals surface area contributed by atoms with Crippen LogP contribution >= 0.6 is 23.1 Å². The van der Waals surface area contributed by atoms with Gasteiger partial charge in [-0.3, -0.25) is 0 Å². The second kappa shape index (κ2) is 1.76. The van der Waals surface area contributed by atoms with Gasteiger partial charge in [-0.2, -0.15) is 3.96 Å². The number of aryl methyl sites for hydroxylation is 1. The van der Waals surface area contributed by atoms with Crippen LogP contribution in [-0.4, -0.2) is 4.98 Å². The second-order valence-corrected chi connectivity index (χ2v) is 2.86. The van der Waals surface area contributed by atoms with E-state index in [1.54, 1.807) is 6.33 Å². The lowest BCUT2D eigenvalue weighted by Crippen LogP contribution is -2.19. The Hall–Kier alpha value is -0.150. The topological polar surface area (TPSA) is 16.8 Å². The Labute approximate surface area is 50.5 Å². The van der Waals surface area contributed by atoms with Crippen molar-refractivity contribution in [3.05, 3.63) is 10.8 Å². The lowest BCUT2D eigenvalue weighted by molar-refractivity contribution is -0.603. The molecule has 0 aliphatic rings. The average Bonchev–Trinajstić information content (AvgIpc) is 1.87. The zero-order chi connectivity index (χ0) is 5.28. The van der Waals surface area contributed by atoms with E-state index in [-0.39, 0.29) is 0 Å². The molecule has 0 aliphatic heterocycles. The van der Waals surface area contributed by atoms with E-state index in [0.29, 0.717) is 4.47 Å². The lowest BCUT2D eigenvalue weighted by atomic mass is 11.2. The highest BCUT2D eigenvalue weighted by Crippen LogP contribution is 2.03. The molecule has 1 rings (SSSR count). The summed E-state index contributed by atoms with van der Waals surface area (Å²) in [4.78, 5) is 3.76. The molecule has 0 aromatic carbocycles. The molecule has 0 N–H and O–H groups in total. The van der Waals surface area contributed by atoms with Crippen molar-refractivity contribution in [1.29, 1.82) is 0 Å². The van der Waals surface area contributed by atoms with E-state index in [0.717, 1.165) is 0 Å². The van der Waals surface area contributed by atoms with Crippen molar-refractivity contribution in [1.82, 2.24) is 4.98 Å². The zero-order valence-electron chi connectivity index (χ0n) is 3.76. The summed E-state index contributed by atoms with van der Waals surface area (Å²) in [5.74, 6) is 0. The van der Waals surface area contributed by atoms with Crippen LogP contribution in [0.3, 0.4) is 0 Å². The zero-order valence-corrected chi connectivity index (χ0v) is 5.33. The van der Waals surface area contributed by atoms with Gasteiger partial charge in [-0.25, -0.2) is 0 Å². The molecule has 1 heterocycles. The maximum absolute atomic E-state index is 5.45. The smallest absolute Gasteiger partial charge is 0.177 e. The summed E-state index contributed by atoms with van der Waals surface area (Å²) in [6.45, 7) is 0. The number of hydrogen-bond donors (Lipinski definition) is 0. The maximum atomic E-state index is 5.45. The highest BCUT2D eigenvalue weighted by Gasteiger charge is 1.99. The molecule has 0 fully saturated rings. The van der Waals surface area contributed by atoms with Gasteiger partial charge in [-0.1, -0.05) is 0 Å². The molecule has 0 spiro atoms. The number of nitrogens with zero attached hydrogens (tertiary/aromatic N) is 2. The van der Waals surface area contributed by atoms with E-state index in [1.165, 1.54) is 11.5 Å². The Morgan fingerprint density at radius 3 is 2.86 bits per heavy atom. The highest BCUT2D eigenvalue weighted by atomic mass is 35.5. The van der Waals surface area contributed by atoms with Gasteiger partial charge in [0.05, 0.1) is 7.05 Å². The van der Waals surface area contributed by atoms with Crippen LogP contribution in [0.15, 0.2) is 6.33 Å². The maximum Gasteiger partial charge on any atom is 0.333 e. The molecule has 1 aromatic rings. The Morgan fingerprint density at radius 2 is 2.71 bits per heavy atom. The molecule has 0 atom stereocenters. The van der Waals surface area contributed by atoms with Crippen LogP contribution in [0.4, 0.5) is 0 Å². The molecule has 0 bridgehead atoms. The van der Waals surface area contributed by atoms with E-state index >= 15 is 0 Å². The molecule has 7 heavy (non-hydrogen) atoms. The third kappa shape index (κ3) is 1.11. The van der Waals surface area contributed by atoms with E-state index in [9.17, 15) is 0 Å². The molecule has 38 valence electrons. The molecule has 1 aromatic heterocycles.